The van der Waals surface area contributed by atoms with Crippen molar-refractivity contribution in [3.05, 3.63) is 75.9 Å². The molecule has 36 heavy (non-hydrogen) atoms. The van der Waals surface area contributed by atoms with E-state index in [4.69, 9.17) is 4.74 Å². The lowest BCUT2D eigenvalue weighted by atomic mass is 10.0. The fourth-order valence-corrected chi connectivity index (χ4v) is 3.98. The predicted octanol–water partition coefficient (Wildman–Crippen LogP) is 7.29. The van der Waals surface area contributed by atoms with E-state index in [1.54, 1.807) is 0 Å². The molecule has 7 nitrogen and oxygen atoms in total. The fourth-order valence-electron chi connectivity index (χ4n) is 3.98. The smallest absolute Gasteiger partial charge is 0.311 e. The zero-order valence-corrected chi connectivity index (χ0v) is 21.2. The number of benzene rings is 2. The third-order valence-corrected chi connectivity index (χ3v) is 6.10. The summed E-state index contributed by atoms with van der Waals surface area (Å²) in [6.45, 7) is 2.25. The van der Waals surface area contributed by atoms with Gasteiger partial charge in [0, 0.05) is 18.1 Å². The van der Waals surface area contributed by atoms with Crippen LogP contribution in [0.15, 0.2) is 54.6 Å². The summed E-state index contributed by atoms with van der Waals surface area (Å²) < 4.78 is 5.46. The van der Waals surface area contributed by atoms with Crippen molar-refractivity contribution in [3.63, 3.8) is 0 Å². The van der Waals surface area contributed by atoms with Gasteiger partial charge in [0.05, 0.1) is 4.92 Å². The maximum Gasteiger partial charge on any atom is 0.311 e. The van der Waals surface area contributed by atoms with Gasteiger partial charge in [-0.15, -0.1) is 0 Å². The Balaban J connectivity index is 1.65. The number of aliphatic hydroxyl groups excluding tert-OH is 1. The summed E-state index contributed by atoms with van der Waals surface area (Å²) in [5, 5.41) is 30.5. The number of hydrogen-bond donors (Lipinski definition) is 2. The number of allylic oxidation sites excluding steroid dienone is 1. The third-order valence-electron chi connectivity index (χ3n) is 6.10. The van der Waals surface area contributed by atoms with E-state index in [-0.39, 0.29) is 17.8 Å². The quantitative estimate of drug-likeness (QED) is 0.0559. The molecule has 0 saturated carbocycles. The second-order valence-corrected chi connectivity index (χ2v) is 9.10. The number of aliphatic hydroxyl groups is 1. The first-order valence-electron chi connectivity index (χ1n) is 13.0. The maximum absolute atomic E-state index is 12.2. The van der Waals surface area contributed by atoms with Crippen molar-refractivity contribution < 1.29 is 24.7 Å². The van der Waals surface area contributed by atoms with E-state index in [1.807, 2.05) is 24.3 Å². The van der Waals surface area contributed by atoms with Gasteiger partial charge in [-0.25, -0.2) is 0 Å². The van der Waals surface area contributed by atoms with E-state index in [0.717, 1.165) is 18.6 Å². The number of ketones is 1. The molecule has 0 radical (unpaired) electrons. The summed E-state index contributed by atoms with van der Waals surface area (Å²) in [6, 6.07) is 11.1. The van der Waals surface area contributed by atoms with Gasteiger partial charge in [0.1, 0.15) is 5.75 Å². The number of hydrogen-bond acceptors (Lipinski definition) is 6. The van der Waals surface area contributed by atoms with Crippen molar-refractivity contribution in [2.45, 2.75) is 90.3 Å². The van der Waals surface area contributed by atoms with Crippen LogP contribution in [-0.4, -0.2) is 27.2 Å². The molecule has 1 unspecified atom stereocenters. The lowest BCUT2D eigenvalue weighted by molar-refractivity contribution is -0.385. The summed E-state index contributed by atoms with van der Waals surface area (Å²) in [4.78, 5) is 22.4. The van der Waals surface area contributed by atoms with Gasteiger partial charge in [0.15, 0.2) is 11.5 Å². The van der Waals surface area contributed by atoms with Crippen molar-refractivity contribution in [2.75, 3.05) is 0 Å². The summed E-state index contributed by atoms with van der Waals surface area (Å²) in [5.41, 5.74) is 0.822. The Labute approximate surface area is 214 Å². The number of Topliss-reactive ketones (excluding diaryl/α,β-unsaturated/α-hetero) is 1. The average Bonchev–Trinajstić information content (AvgIpc) is 2.86. The number of aryl methyl sites for hydroxylation is 1. The van der Waals surface area contributed by atoms with Gasteiger partial charge in [0.25, 0.3) is 0 Å². The van der Waals surface area contributed by atoms with E-state index < -0.39 is 22.7 Å². The summed E-state index contributed by atoms with van der Waals surface area (Å²) in [6.07, 6.45) is 15.7. The number of unbranched alkanes of at least 4 members (excludes halogenated alkanes) is 9. The number of carbonyl (C=O) groups is 1. The van der Waals surface area contributed by atoms with Gasteiger partial charge >= 0.3 is 5.69 Å². The number of aromatic hydroxyl groups is 1. The Bertz CT molecular complexity index is 970. The second-order valence-electron chi connectivity index (χ2n) is 9.10. The Kier molecular flexibility index (Phi) is 13.3. The van der Waals surface area contributed by atoms with Crippen LogP contribution in [0.5, 0.6) is 11.5 Å². The van der Waals surface area contributed by atoms with Crippen LogP contribution in [-0.2, 0) is 6.42 Å². The molecule has 0 saturated heterocycles. The second kappa shape index (κ2) is 16.5. The van der Waals surface area contributed by atoms with Crippen LogP contribution >= 0.6 is 0 Å². The molecule has 1 atom stereocenters. The number of phenols is 1. The average molecular weight is 498 g/mol. The zero-order valence-electron chi connectivity index (χ0n) is 21.2. The minimum atomic E-state index is -1.22. The van der Waals surface area contributed by atoms with Crippen LogP contribution < -0.4 is 4.74 Å². The largest absolute Gasteiger partial charge is 0.502 e. The number of ether oxygens (including phenoxy) is 1. The maximum atomic E-state index is 12.2. The van der Waals surface area contributed by atoms with E-state index in [2.05, 4.69) is 6.92 Å². The summed E-state index contributed by atoms with van der Waals surface area (Å²) in [7, 11) is 0. The Morgan fingerprint density at radius 1 is 0.972 bits per heavy atom. The topological polar surface area (TPSA) is 110 Å². The molecule has 7 heteroatoms. The van der Waals surface area contributed by atoms with E-state index >= 15 is 0 Å². The molecule has 0 spiro atoms. The molecule has 0 bridgehead atoms. The molecule has 2 N–H and O–H groups in total. The van der Waals surface area contributed by atoms with Crippen LogP contribution in [0.4, 0.5) is 5.69 Å². The minimum absolute atomic E-state index is 0.0693. The number of carbonyl (C=O) groups excluding carboxylic acids is 1. The lowest BCUT2D eigenvalue weighted by Gasteiger charge is -2.10. The van der Waals surface area contributed by atoms with Crippen LogP contribution in [0, 0.1) is 10.1 Å². The monoisotopic (exact) mass is 497 g/mol. The van der Waals surface area contributed by atoms with Crippen molar-refractivity contribution in [1.29, 1.82) is 0 Å². The van der Waals surface area contributed by atoms with Crippen molar-refractivity contribution in [1.82, 2.24) is 0 Å². The molecule has 0 heterocycles. The fraction of sp³-hybridized carbons (Fsp3) is 0.483. The van der Waals surface area contributed by atoms with Crippen LogP contribution in [0.25, 0.3) is 0 Å². The number of phenolic OH excluding ortho intramolecular Hbond substituents is 1. The first kappa shape index (κ1) is 29.0. The van der Waals surface area contributed by atoms with Gasteiger partial charge in [-0.3, -0.25) is 14.9 Å². The Morgan fingerprint density at radius 3 is 2.19 bits per heavy atom. The molecule has 0 aliphatic heterocycles. The predicted molar refractivity (Wildman–Crippen MR) is 141 cm³/mol. The molecule has 0 aliphatic carbocycles. The summed E-state index contributed by atoms with van der Waals surface area (Å²) >= 11 is 0. The van der Waals surface area contributed by atoms with Crippen LogP contribution in [0.1, 0.15) is 93.5 Å². The van der Waals surface area contributed by atoms with Crippen LogP contribution in [0.2, 0.25) is 0 Å². The first-order chi connectivity index (χ1) is 17.4. The lowest BCUT2D eigenvalue weighted by Crippen LogP contribution is -2.12. The molecule has 0 aliphatic rings. The molecular weight excluding hydrogens is 458 g/mol. The normalized spacial score (nSPS) is 12.1. The SMILES string of the molecule is CCCCCCCCCCCCc1ccc(OC(O)C=CCC(=O)c2ccc(O)c([N+](=O)[O-])c2)cc1. The van der Waals surface area contributed by atoms with Gasteiger partial charge in [0.2, 0.25) is 6.29 Å². The first-order valence-corrected chi connectivity index (χ1v) is 13.0. The molecule has 196 valence electrons. The van der Waals surface area contributed by atoms with Gasteiger partial charge in [-0.05, 0) is 48.7 Å². The molecule has 2 rings (SSSR count). The number of nitro benzene ring substituents is 1. The van der Waals surface area contributed by atoms with Crippen molar-refractivity contribution >= 4 is 11.5 Å². The minimum Gasteiger partial charge on any atom is -0.502 e. The molecule has 2 aromatic carbocycles. The number of nitro groups is 1. The molecule has 0 fully saturated rings. The highest BCUT2D eigenvalue weighted by atomic mass is 16.6. The van der Waals surface area contributed by atoms with E-state index in [9.17, 15) is 25.1 Å². The Hall–Kier alpha value is -3.19. The molecule has 0 aromatic heterocycles. The summed E-state index contributed by atoms with van der Waals surface area (Å²) in [5.74, 6) is -0.345. The highest BCUT2D eigenvalue weighted by Crippen LogP contribution is 2.26. The van der Waals surface area contributed by atoms with Crippen molar-refractivity contribution in [3.8, 4) is 11.5 Å². The van der Waals surface area contributed by atoms with E-state index in [1.165, 1.54) is 88.0 Å². The zero-order chi connectivity index (χ0) is 26.2. The number of rotatable bonds is 18. The van der Waals surface area contributed by atoms with Gasteiger partial charge in [-0.2, -0.15) is 0 Å². The third kappa shape index (κ3) is 11.0. The van der Waals surface area contributed by atoms with Crippen molar-refractivity contribution in [2.24, 2.45) is 0 Å². The van der Waals surface area contributed by atoms with Gasteiger partial charge < -0.3 is 14.9 Å². The Morgan fingerprint density at radius 2 is 1.58 bits per heavy atom. The highest BCUT2D eigenvalue weighted by molar-refractivity contribution is 5.97. The van der Waals surface area contributed by atoms with Gasteiger partial charge in [-0.1, -0.05) is 82.9 Å². The van der Waals surface area contributed by atoms with Crippen LogP contribution in [0.3, 0.4) is 0 Å². The molecule has 2 aromatic rings. The molecule has 0 amide bonds. The highest BCUT2D eigenvalue weighted by Gasteiger charge is 2.16. The van der Waals surface area contributed by atoms with E-state index in [0.29, 0.717) is 5.75 Å². The number of nitrogens with zero attached hydrogens (tertiary/aromatic N) is 1. The molecular formula is C29H39NO6. The standard InChI is InChI=1S/C29H39NO6/c1-2-3-4-5-6-7-8-9-10-11-13-23-16-19-25(20-17-23)36-29(33)15-12-14-27(31)24-18-21-28(32)26(22-24)30(34)35/h12,15-22,29,32-33H,2-11,13-14H2,1H3.